The number of nitrogens with zero attached hydrogens (tertiary/aromatic N) is 2. The Morgan fingerprint density at radius 3 is 2.79 bits per heavy atom. The Bertz CT molecular complexity index is 452. The van der Waals surface area contributed by atoms with Crippen LogP contribution in [0.5, 0.6) is 0 Å². The molecule has 1 saturated carbocycles. The van der Waals surface area contributed by atoms with Crippen molar-refractivity contribution >= 4 is 17.7 Å². The second kappa shape index (κ2) is 6.21. The van der Waals surface area contributed by atoms with E-state index in [1.807, 2.05) is 0 Å². The molecule has 0 bridgehead atoms. The molecule has 1 heterocycles. The van der Waals surface area contributed by atoms with Crippen molar-refractivity contribution in [2.75, 3.05) is 5.32 Å². The number of aromatic nitrogens is 2. The summed E-state index contributed by atoms with van der Waals surface area (Å²) in [5.41, 5.74) is 0.495. The van der Waals surface area contributed by atoms with E-state index in [4.69, 9.17) is 5.11 Å². The third-order valence-electron chi connectivity index (χ3n) is 3.13. The van der Waals surface area contributed by atoms with Crippen molar-refractivity contribution in [1.82, 2.24) is 15.1 Å². The van der Waals surface area contributed by atoms with Gasteiger partial charge in [-0.05, 0) is 12.8 Å². The number of anilines is 1. The average molecular weight is 266 g/mol. The number of carboxylic acid groups (broad SMARTS) is 1. The number of carboxylic acids is 1. The molecule has 7 heteroatoms. The van der Waals surface area contributed by atoms with Crippen molar-refractivity contribution in [3.63, 3.8) is 0 Å². The maximum Gasteiger partial charge on any atom is 0.325 e. The normalized spacial score (nSPS) is 16.0. The van der Waals surface area contributed by atoms with Crippen LogP contribution in [0.1, 0.15) is 32.1 Å². The standard InChI is InChI=1S/C12H18N4O3/c17-11(18)8-16-7-10(6-13-16)15-12(19)14-9-4-2-1-3-5-9/h6-7,9H,1-5,8H2,(H,17,18)(H2,14,15,19). The summed E-state index contributed by atoms with van der Waals surface area (Å²) in [5, 5.41) is 18.0. The molecule has 0 aliphatic heterocycles. The molecule has 0 unspecified atom stereocenters. The van der Waals surface area contributed by atoms with Crippen LogP contribution >= 0.6 is 0 Å². The van der Waals surface area contributed by atoms with Crippen LogP contribution in [0.2, 0.25) is 0 Å². The van der Waals surface area contributed by atoms with Gasteiger partial charge in [-0.3, -0.25) is 9.48 Å². The molecule has 1 aromatic heterocycles. The summed E-state index contributed by atoms with van der Waals surface area (Å²) in [6, 6.07) is -0.0235. The molecule has 2 rings (SSSR count). The first kappa shape index (κ1) is 13.4. The first-order valence-corrected chi connectivity index (χ1v) is 6.45. The fraction of sp³-hybridized carbons (Fsp3) is 0.583. The summed E-state index contributed by atoms with van der Waals surface area (Å²) in [6.45, 7) is -0.216. The van der Waals surface area contributed by atoms with E-state index in [0.29, 0.717) is 5.69 Å². The van der Waals surface area contributed by atoms with Crippen LogP contribution in [0, 0.1) is 0 Å². The lowest BCUT2D eigenvalue weighted by Crippen LogP contribution is -2.38. The van der Waals surface area contributed by atoms with Crippen molar-refractivity contribution < 1.29 is 14.7 Å². The van der Waals surface area contributed by atoms with Gasteiger partial charge in [0.25, 0.3) is 0 Å². The highest BCUT2D eigenvalue weighted by Crippen LogP contribution is 2.17. The van der Waals surface area contributed by atoms with Gasteiger partial charge >= 0.3 is 12.0 Å². The number of carbonyl (C=O) groups excluding carboxylic acids is 1. The van der Waals surface area contributed by atoms with E-state index in [0.717, 1.165) is 25.7 Å². The molecule has 0 spiro atoms. The van der Waals surface area contributed by atoms with E-state index >= 15 is 0 Å². The first-order chi connectivity index (χ1) is 9.13. The van der Waals surface area contributed by atoms with Crippen LogP contribution in [0.25, 0.3) is 0 Å². The molecule has 104 valence electrons. The minimum Gasteiger partial charge on any atom is -0.480 e. The number of urea groups is 1. The van der Waals surface area contributed by atoms with Crippen molar-refractivity contribution in [3.05, 3.63) is 12.4 Å². The molecular formula is C12H18N4O3. The molecule has 0 aromatic carbocycles. The summed E-state index contributed by atoms with van der Waals surface area (Å²) in [6.07, 6.45) is 8.51. The van der Waals surface area contributed by atoms with Gasteiger partial charge in [0.15, 0.2) is 0 Å². The number of hydrogen-bond acceptors (Lipinski definition) is 3. The van der Waals surface area contributed by atoms with Gasteiger partial charge < -0.3 is 15.7 Å². The summed E-state index contributed by atoms with van der Waals surface area (Å²) in [5.74, 6) is -0.971. The monoisotopic (exact) mass is 266 g/mol. The Morgan fingerprint density at radius 2 is 2.11 bits per heavy atom. The fourth-order valence-electron chi connectivity index (χ4n) is 2.25. The second-order valence-electron chi connectivity index (χ2n) is 4.75. The molecule has 1 aromatic rings. The number of amides is 2. The minimum atomic E-state index is -0.971. The lowest BCUT2D eigenvalue weighted by molar-refractivity contribution is -0.137. The second-order valence-corrected chi connectivity index (χ2v) is 4.75. The van der Waals surface area contributed by atoms with Gasteiger partial charge in [0.05, 0.1) is 11.9 Å². The predicted molar refractivity (Wildman–Crippen MR) is 68.9 cm³/mol. The Hall–Kier alpha value is -2.05. The zero-order chi connectivity index (χ0) is 13.7. The molecule has 19 heavy (non-hydrogen) atoms. The van der Waals surface area contributed by atoms with E-state index in [1.165, 1.54) is 23.5 Å². The number of carbonyl (C=O) groups is 2. The summed E-state index contributed by atoms with van der Waals surface area (Å²) < 4.78 is 1.26. The minimum absolute atomic E-state index is 0.216. The highest BCUT2D eigenvalue weighted by molar-refractivity contribution is 5.89. The van der Waals surface area contributed by atoms with Crippen molar-refractivity contribution in [2.45, 2.75) is 44.7 Å². The number of rotatable bonds is 4. The zero-order valence-electron chi connectivity index (χ0n) is 10.6. The smallest absolute Gasteiger partial charge is 0.325 e. The maximum atomic E-state index is 11.7. The van der Waals surface area contributed by atoms with Crippen molar-refractivity contribution in [1.29, 1.82) is 0 Å². The van der Waals surface area contributed by atoms with E-state index in [2.05, 4.69) is 15.7 Å². The lowest BCUT2D eigenvalue weighted by Gasteiger charge is -2.22. The van der Waals surface area contributed by atoms with Crippen LogP contribution in [-0.4, -0.2) is 32.9 Å². The Balaban J connectivity index is 1.81. The summed E-state index contributed by atoms with van der Waals surface area (Å²) in [7, 11) is 0. The van der Waals surface area contributed by atoms with Crippen LogP contribution in [0.15, 0.2) is 12.4 Å². The highest BCUT2D eigenvalue weighted by atomic mass is 16.4. The molecular weight excluding hydrogens is 248 g/mol. The van der Waals surface area contributed by atoms with Crippen molar-refractivity contribution in [3.8, 4) is 0 Å². The molecule has 1 aliphatic carbocycles. The van der Waals surface area contributed by atoms with Crippen LogP contribution in [-0.2, 0) is 11.3 Å². The zero-order valence-corrected chi connectivity index (χ0v) is 10.6. The van der Waals surface area contributed by atoms with Gasteiger partial charge in [-0.1, -0.05) is 19.3 Å². The quantitative estimate of drug-likeness (QED) is 0.768. The number of aliphatic carboxylic acids is 1. The Morgan fingerprint density at radius 1 is 1.37 bits per heavy atom. The van der Waals surface area contributed by atoms with E-state index < -0.39 is 5.97 Å². The van der Waals surface area contributed by atoms with Gasteiger partial charge in [-0.2, -0.15) is 5.10 Å². The Kier molecular flexibility index (Phi) is 4.38. The highest BCUT2D eigenvalue weighted by Gasteiger charge is 2.15. The van der Waals surface area contributed by atoms with Gasteiger partial charge in [0.1, 0.15) is 6.54 Å². The topological polar surface area (TPSA) is 96.2 Å². The van der Waals surface area contributed by atoms with Gasteiger partial charge in [0, 0.05) is 12.2 Å². The van der Waals surface area contributed by atoms with Crippen LogP contribution < -0.4 is 10.6 Å². The lowest BCUT2D eigenvalue weighted by atomic mass is 9.96. The molecule has 0 saturated heterocycles. The molecule has 1 aliphatic rings. The first-order valence-electron chi connectivity index (χ1n) is 6.45. The fourth-order valence-corrected chi connectivity index (χ4v) is 2.25. The number of hydrogen-bond donors (Lipinski definition) is 3. The van der Waals surface area contributed by atoms with Crippen LogP contribution in [0.4, 0.5) is 10.5 Å². The van der Waals surface area contributed by atoms with E-state index in [-0.39, 0.29) is 18.6 Å². The summed E-state index contributed by atoms with van der Waals surface area (Å²) in [4.78, 5) is 22.2. The largest absolute Gasteiger partial charge is 0.480 e. The average Bonchev–Trinajstić information content (AvgIpc) is 2.76. The van der Waals surface area contributed by atoms with Gasteiger partial charge in [-0.25, -0.2) is 4.79 Å². The van der Waals surface area contributed by atoms with Gasteiger partial charge in [-0.15, -0.1) is 0 Å². The predicted octanol–water partition coefficient (Wildman–Crippen LogP) is 1.42. The Labute approximate surface area is 111 Å². The van der Waals surface area contributed by atoms with E-state index in [1.54, 1.807) is 0 Å². The molecule has 1 fully saturated rings. The third kappa shape index (κ3) is 4.27. The molecule has 0 radical (unpaired) electrons. The summed E-state index contributed by atoms with van der Waals surface area (Å²) >= 11 is 0. The molecule has 7 nitrogen and oxygen atoms in total. The molecule has 2 amide bonds. The van der Waals surface area contributed by atoms with E-state index in [9.17, 15) is 9.59 Å². The van der Waals surface area contributed by atoms with Crippen LogP contribution in [0.3, 0.4) is 0 Å². The molecule has 0 atom stereocenters. The van der Waals surface area contributed by atoms with Gasteiger partial charge in [0.2, 0.25) is 0 Å². The third-order valence-corrected chi connectivity index (χ3v) is 3.13. The molecule has 3 N–H and O–H groups in total. The maximum absolute atomic E-state index is 11.7. The SMILES string of the molecule is O=C(O)Cn1cc(NC(=O)NC2CCCCC2)cn1. The van der Waals surface area contributed by atoms with Crippen molar-refractivity contribution in [2.24, 2.45) is 0 Å². The number of nitrogens with one attached hydrogen (secondary N) is 2.